The van der Waals surface area contributed by atoms with Crippen LogP contribution in [0.1, 0.15) is 11.1 Å². The van der Waals surface area contributed by atoms with E-state index in [2.05, 4.69) is 0 Å². The van der Waals surface area contributed by atoms with Crippen molar-refractivity contribution < 1.29 is 19.1 Å². The first-order chi connectivity index (χ1) is 12.1. The molecule has 2 aliphatic heterocycles. The number of rotatable bonds is 3. The minimum Gasteiger partial charge on any atom is -0.466 e. The number of methoxy groups -OCH3 is 1. The fourth-order valence-electron chi connectivity index (χ4n) is 3.44. The molecule has 5 nitrogen and oxygen atoms in total. The molecule has 0 aliphatic carbocycles. The molecule has 0 N–H and O–H groups in total. The van der Waals surface area contributed by atoms with Crippen LogP contribution in [0.3, 0.4) is 0 Å². The molecule has 4 rings (SSSR count). The van der Waals surface area contributed by atoms with E-state index < -0.39 is 17.7 Å². The molecule has 1 fully saturated rings. The van der Waals surface area contributed by atoms with Gasteiger partial charge in [0.15, 0.2) is 0 Å². The number of amides is 1. The number of nitrogens with zero attached hydrogens (tertiary/aromatic N) is 1. The van der Waals surface area contributed by atoms with Gasteiger partial charge in [-0.3, -0.25) is 4.79 Å². The number of anilines is 1. The second-order valence-electron chi connectivity index (χ2n) is 6.12. The van der Waals surface area contributed by atoms with Gasteiger partial charge in [-0.05, 0) is 17.7 Å². The van der Waals surface area contributed by atoms with E-state index in [9.17, 15) is 9.59 Å². The van der Waals surface area contributed by atoms with Crippen LogP contribution in [0.15, 0.2) is 60.2 Å². The molecule has 1 spiro atoms. The van der Waals surface area contributed by atoms with Crippen LogP contribution in [0.4, 0.5) is 5.69 Å². The predicted octanol–water partition coefficient (Wildman–Crippen LogP) is 2.51. The van der Waals surface area contributed by atoms with Gasteiger partial charge in [0, 0.05) is 12.6 Å². The van der Waals surface area contributed by atoms with Gasteiger partial charge < -0.3 is 14.4 Å². The maximum absolute atomic E-state index is 12.8. The topological polar surface area (TPSA) is 59.1 Å². The Bertz CT molecular complexity index is 890. The third-order valence-electron chi connectivity index (χ3n) is 4.73. The third-order valence-corrected chi connectivity index (χ3v) is 4.73. The lowest BCUT2D eigenvalue weighted by molar-refractivity contribution is -0.136. The van der Waals surface area contributed by atoms with Crippen LogP contribution in [0.5, 0.6) is 0 Å². The summed E-state index contributed by atoms with van der Waals surface area (Å²) in [6.07, 6.45) is 1.07. The van der Waals surface area contributed by atoms with Gasteiger partial charge in [0.2, 0.25) is 5.60 Å². The number of ether oxygens (including phenoxy) is 2. The maximum atomic E-state index is 12.8. The van der Waals surface area contributed by atoms with Crippen molar-refractivity contribution in [2.75, 3.05) is 19.1 Å². The van der Waals surface area contributed by atoms with Crippen molar-refractivity contribution in [3.8, 4) is 0 Å². The van der Waals surface area contributed by atoms with E-state index in [1.165, 1.54) is 7.11 Å². The van der Waals surface area contributed by atoms with Crippen LogP contribution in [-0.4, -0.2) is 32.1 Å². The maximum Gasteiger partial charge on any atom is 0.336 e. The minimum absolute atomic E-state index is 0.165. The summed E-state index contributed by atoms with van der Waals surface area (Å²) < 4.78 is 10.8. The normalized spacial score (nSPS) is 24.4. The van der Waals surface area contributed by atoms with Crippen molar-refractivity contribution in [1.29, 1.82) is 0 Å². The van der Waals surface area contributed by atoms with Crippen molar-refractivity contribution in [3.63, 3.8) is 0 Å². The van der Waals surface area contributed by atoms with E-state index in [0.717, 1.165) is 16.8 Å². The summed E-state index contributed by atoms with van der Waals surface area (Å²) in [6, 6.07) is 16.9. The average molecular weight is 335 g/mol. The monoisotopic (exact) mass is 335 g/mol. The number of fused-ring (bicyclic) bond motifs is 2. The molecule has 1 saturated heterocycles. The molecule has 2 aromatic carbocycles. The van der Waals surface area contributed by atoms with Crippen LogP contribution >= 0.6 is 0 Å². The minimum atomic E-state index is -1.12. The van der Waals surface area contributed by atoms with Gasteiger partial charge in [-0.15, -0.1) is 0 Å². The fraction of sp³-hybridized carbons (Fsp3) is 0.200. The van der Waals surface area contributed by atoms with Crippen molar-refractivity contribution in [2.24, 2.45) is 0 Å². The van der Waals surface area contributed by atoms with Crippen LogP contribution in [0.2, 0.25) is 0 Å². The molecule has 2 heterocycles. The molecule has 2 aromatic rings. The highest BCUT2D eigenvalue weighted by molar-refractivity contribution is 6.11. The Balaban J connectivity index is 1.78. The first-order valence-electron chi connectivity index (χ1n) is 8.00. The summed E-state index contributed by atoms with van der Waals surface area (Å²) >= 11 is 0. The fourth-order valence-corrected chi connectivity index (χ4v) is 3.44. The largest absolute Gasteiger partial charge is 0.466 e. The zero-order valence-corrected chi connectivity index (χ0v) is 13.9. The number of likely N-dealkylation sites (N-methyl/N-ethyl adjacent to an activating group) is 1. The lowest BCUT2D eigenvalue weighted by Gasteiger charge is -2.09. The lowest BCUT2D eigenvalue weighted by Crippen LogP contribution is -2.32. The van der Waals surface area contributed by atoms with Gasteiger partial charge in [0.05, 0.1) is 18.4 Å². The van der Waals surface area contributed by atoms with Gasteiger partial charge in [0.25, 0.3) is 5.91 Å². The second kappa shape index (κ2) is 5.57. The van der Waals surface area contributed by atoms with Crippen molar-refractivity contribution in [1.82, 2.24) is 0 Å². The van der Waals surface area contributed by atoms with Crippen LogP contribution < -0.4 is 4.90 Å². The molecule has 5 heteroatoms. The first kappa shape index (κ1) is 15.6. The lowest BCUT2D eigenvalue weighted by atomic mass is 9.92. The number of para-hydroxylation sites is 1. The Kier molecular flexibility index (Phi) is 3.47. The van der Waals surface area contributed by atoms with E-state index in [0.29, 0.717) is 5.57 Å². The number of hydrogen-bond donors (Lipinski definition) is 0. The van der Waals surface area contributed by atoms with Gasteiger partial charge in [-0.1, -0.05) is 48.5 Å². The molecule has 1 unspecified atom stereocenters. The Morgan fingerprint density at radius 3 is 2.56 bits per heavy atom. The number of esters is 1. The average Bonchev–Trinajstić information content (AvgIpc) is 3.37. The number of carbonyl (C=O) groups excluding carboxylic acids is 2. The molecule has 0 aromatic heterocycles. The molecule has 2 aliphatic rings. The van der Waals surface area contributed by atoms with Crippen LogP contribution in [-0.2, 0) is 24.7 Å². The zero-order chi connectivity index (χ0) is 17.6. The highest BCUT2D eigenvalue weighted by Crippen LogP contribution is 2.57. The van der Waals surface area contributed by atoms with Crippen molar-refractivity contribution in [3.05, 3.63) is 71.3 Å². The van der Waals surface area contributed by atoms with E-state index in [1.807, 2.05) is 54.6 Å². The molecule has 1 amide bonds. The summed E-state index contributed by atoms with van der Waals surface area (Å²) in [4.78, 5) is 26.8. The second-order valence-corrected chi connectivity index (χ2v) is 6.12. The predicted molar refractivity (Wildman–Crippen MR) is 92.8 cm³/mol. The summed E-state index contributed by atoms with van der Waals surface area (Å²) in [5, 5.41) is 0. The summed E-state index contributed by atoms with van der Waals surface area (Å²) in [5.74, 6) is -0.660. The molecule has 0 saturated carbocycles. The van der Waals surface area contributed by atoms with Crippen molar-refractivity contribution in [2.45, 2.75) is 11.7 Å². The summed E-state index contributed by atoms with van der Waals surface area (Å²) in [6.45, 7) is 0. The molecule has 126 valence electrons. The summed E-state index contributed by atoms with van der Waals surface area (Å²) in [7, 11) is 3.04. The van der Waals surface area contributed by atoms with Gasteiger partial charge >= 0.3 is 5.97 Å². The van der Waals surface area contributed by atoms with Gasteiger partial charge in [-0.2, -0.15) is 0 Å². The quantitative estimate of drug-likeness (QED) is 0.491. The van der Waals surface area contributed by atoms with Gasteiger partial charge in [-0.25, -0.2) is 4.79 Å². The standard InChI is InChI=1S/C20H17NO4/c1-21-16-11-7-6-10-15(16)20(19(21)23)17(25-20)14(18(22)24-2)12-13-8-4-3-5-9-13/h3-12,17H,1-2H3/b14-12+/t17-,20?/m1/s1. The zero-order valence-electron chi connectivity index (χ0n) is 13.9. The number of carbonyl (C=O) groups is 2. The molecule has 2 atom stereocenters. The Labute approximate surface area is 145 Å². The van der Waals surface area contributed by atoms with Gasteiger partial charge in [0.1, 0.15) is 6.10 Å². The summed E-state index contributed by atoms with van der Waals surface area (Å²) in [5.41, 5.74) is 1.65. The van der Waals surface area contributed by atoms with E-state index in [-0.39, 0.29) is 5.91 Å². The molecular formula is C20H17NO4. The SMILES string of the molecule is COC(=O)/C(=C/c1ccccc1)[C@H]1OC12C(=O)N(C)c1ccccc12. The highest BCUT2D eigenvalue weighted by Gasteiger charge is 2.71. The molecule has 25 heavy (non-hydrogen) atoms. The Hall–Kier alpha value is -2.92. The van der Waals surface area contributed by atoms with Crippen molar-refractivity contribution >= 4 is 23.6 Å². The van der Waals surface area contributed by atoms with E-state index in [4.69, 9.17) is 9.47 Å². The number of benzene rings is 2. The molecule has 0 radical (unpaired) electrons. The molecular weight excluding hydrogens is 318 g/mol. The van der Waals surface area contributed by atoms with E-state index in [1.54, 1.807) is 18.0 Å². The Morgan fingerprint density at radius 2 is 1.84 bits per heavy atom. The number of epoxide rings is 1. The van der Waals surface area contributed by atoms with Crippen LogP contribution in [0, 0.1) is 0 Å². The van der Waals surface area contributed by atoms with Crippen LogP contribution in [0.25, 0.3) is 6.08 Å². The first-order valence-corrected chi connectivity index (χ1v) is 8.00. The molecule has 0 bridgehead atoms. The number of hydrogen-bond acceptors (Lipinski definition) is 4. The smallest absolute Gasteiger partial charge is 0.336 e. The Morgan fingerprint density at radius 1 is 1.16 bits per heavy atom. The third kappa shape index (κ3) is 2.20. The van der Waals surface area contributed by atoms with E-state index >= 15 is 0 Å². The highest BCUT2D eigenvalue weighted by atomic mass is 16.6.